The quantitative estimate of drug-likeness (QED) is 0.502. The minimum Gasteiger partial charge on any atom is -0.376 e. The Balaban J connectivity index is 1.38. The molecule has 2 nitrogen and oxygen atoms in total. The van der Waals surface area contributed by atoms with Crippen LogP contribution in [0.5, 0.6) is 0 Å². The highest BCUT2D eigenvalue weighted by Crippen LogP contribution is 2.49. The van der Waals surface area contributed by atoms with Crippen LogP contribution in [-0.4, -0.2) is 13.2 Å². The van der Waals surface area contributed by atoms with Crippen molar-refractivity contribution in [2.75, 3.05) is 13.2 Å². The molecule has 0 amide bonds. The van der Waals surface area contributed by atoms with E-state index in [4.69, 9.17) is 9.47 Å². The highest BCUT2D eigenvalue weighted by molar-refractivity contribution is 5.27. The van der Waals surface area contributed by atoms with Crippen molar-refractivity contribution in [3.63, 3.8) is 0 Å². The van der Waals surface area contributed by atoms with Gasteiger partial charge in [0.25, 0.3) is 0 Å². The maximum Gasteiger partial charge on any atom is 0.0717 e. The van der Waals surface area contributed by atoms with Gasteiger partial charge in [0, 0.05) is 5.41 Å². The average Bonchev–Trinajstić information content (AvgIpc) is 3.07. The lowest BCUT2D eigenvalue weighted by Gasteiger charge is -2.30. The van der Waals surface area contributed by atoms with Gasteiger partial charge in [-0.2, -0.15) is 0 Å². The zero-order valence-electron chi connectivity index (χ0n) is 17.0. The molecule has 0 bridgehead atoms. The maximum atomic E-state index is 6.24. The molecule has 2 aliphatic carbocycles. The number of ether oxygens (including phenoxy) is 2. The van der Waals surface area contributed by atoms with Crippen molar-refractivity contribution in [2.24, 2.45) is 11.3 Å². The van der Waals surface area contributed by atoms with E-state index in [2.05, 4.69) is 67.6 Å². The van der Waals surface area contributed by atoms with E-state index < -0.39 is 0 Å². The highest BCUT2D eigenvalue weighted by Gasteiger charge is 2.40. The van der Waals surface area contributed by atoms with Crippen LogP contribution in [0.2, 0.25) is 0 Å². The molecule has 2 aromatic rings. The highest BCUT2D eigenvalue weighted by atomic mass is 16.5. The molecule has 0 fully saturated rings. The van der Waals surface area contributed by atoms with Gasteiger partial charge in [-0.25, -0.2) is 0 Å². The Morgan fingerprint density at radius 2 is 1.32 bits per heavy atom. The van der Waals surface area contributed by atoms with Crippen LogP contribution in [-0.2, 0) is 22.7 Å². The lowest BCUT2D eigenvalue weighted by molar-refractivity contribution is -0.0284. The molecule has 2 heteroatoms. The van der Waals surface area contributed by atoms with Crippen molar-refractivity contribution in [3.05, 3.63) is 82.9 Å². The van der Waals surface area contributed by atoms with E-state index in [1.165, 1.54) is 30.4 Å². The first kappa shape index (κ1) is 19.4. The average molecular weight is 377 g/mol. The predicted octanol–water partition coefficient (Wildman–Crippen LogP) is 6.32. The molecule has 0 aromatic heterocycles. The fourth-order valence-electron chi connectivity index (χ4n) is 4.81. The Bertz CT molecular complexity index is 733. The first-order valence-corrected chi connectivity index (χ1v) is 10.7. The summed E-state index contributed by atoms with van der Waals surface area (Å²) in [6.07, 6.45) is 6.18. The third kappa shape index (κ3) is 4.92. The Hall–Kier alpha value is -1.90. The smallest absolute Gasteiger partial charge is 0.0717 e. The molecule has 148 valence electrons. The van der Waals surface area contributed by atoms with Crippen LogP contribution in [0.4, 0.5) is 0 Å². The second-order valence-electron chi connectivity index (χ2n) is 8.87. The van der Waals surface area contributed by atoms with Crippen molar-refractivity contribution in [2.45, 2.75) is 52.2 Å². The molecule has 2 aromatic carbocycles. The summed E-state index contributed by atoms with van der Waals surface area (Å²) in [4.78, 5) is 0. The van der Waals surface area contributed by atoms with Crippen molar-refractivity contribution < 1.29 is 9.47 Å². The summed E-state index contributed by atoms with van der Waals surface area (Å²) >= 11 is 0. The van der Waals surface area contributed by atoms with E-state index >= 15 is 0 Å². The van der Waals surface area contributed by atoms with Crippen molar-refractivity contribution in [1.29, 1.82) is 0 Å². The van der Waals surface area contributed by atoms with Crippen LogP contribution in [0, 0.1) is 11.3 Å². The largest absolute Gasteiger partial charge is 0.376 e. The second kappa shape index (κ2) is 9.07. The van der Waals surface area contributed by atoms with Gasteiger partial charge in [0.05, 0.1) is 26.4 Å². The van der Waals surface area contributed by atoms with Gasteiger partial charge in [-0.1, -0.05) is 78.7 Å². The molecular formula is C26H32O2. The van der Waals surface area contributed by atoms with Crippen LogP contribution in [0.1, 0.15) is 50.2 Å². The van der Waals surface area contributed by atoms with Gasteiger partial charge in [-0.05, 0) is 49.1 Å². The minimum absolute atomic E-state index is 0.109. The van der Waals surface area contributed by atoms with Crippen LogP contribution in [0.25, 0.3) is 0 Å². The molecule has 0 aliphatic heterocycles. The molecule has 1 atom stereocenters. The SMILES string of the molecule is CC1CCC2=C(C1)CC(COCc1ccccc1)(COCc1ccccc1)C2. The number of benzene rings is 2. The van der Waals surface area contributed by atoms with Gasteiger partial charge < -0.3 is 9.47 Å². The van der Waals surface area contributed by atoms with Gasteiger partial charge in [-0.3, -0.25) is 0 Å². The molecule has 0 heterocycles. The van der Waals surface area contributed by atoms with Gasteiger partial charge in [0.1, 0.15) is 0 Å². The van der Waals surface area contributed by atoms with Gasteiger partial charge in [0.2, 0.25) is 0 Å². The van der Waals surface area contributed by atoms with Crippen molar-refractivity contribution in [1.82, 2.24) is 0 Å². The summed E-state index contributed by atoms with van der Waals surface area (Å²) in [7, 11) is 0. The van der Waals surface area contributed by atoms with Gasteiger partial charge in [0.15, 0.2) is 0 Å². The lowest BCUT2D eigenvalue weighted by Crippen LogP contribution is -2.30. The Morgan fingerprint density at radius 3 is 1.89 bits per heavy atom. The second-order valence-corrected chi connectivity index (χ2v) is 8.87. The number of rotatable bonds is 8. The zero-order valence-corrected chi connectivity index (χ0v) is 17.0. The molecule has 0 spiro atoms. The number of hydrogen-bond acceptors (Lipinski definition) is 2. The van der Waals surface area contributed by atoms with E-state index in [1.807, 2.05) is 0 Å². The van der Waals surface area contributed by atoms with Crippen molar-refractivity contribution in [3.8, 4) is 0 Å². The fourth-order valence-corrected chi connectivity index (χ4v) is 4.81. The Morgan fingerprint density at radius 1 is 0.786 bits per heavy atom. The standard InChI is InChI=1S/C26H32O2/c1-21-12-13-24-15-26(16-25(24)14-21,19-27-17-22-8-4-2-5-9-22)20-28-18-23-10-6-3-7-11-23/h2-11,21H,12-20H2,1H3. The molecule has 1 unspecified atom stereocenters. The zero-order chi connectivity index (χ0) is 19.2. The number of allylic oxidation sites excluding steroid dienone is 2. The first-order chi connectivity index (χ1) is 13.7. The molecule has 0 saturated carbocycles. The van der Waals surface area contributed by atoms with E-state index in [0.717, 1.165) is 32.0 Å². The summed E-state index contributed by atoms with van der Waals surface area (Å²) in [5.41, 5.74) is 5.99. The van der Waals surface area contributed by atoms with Crippen LogP contribution in [0.3, 0.4) is 0 Å². The summed E-state index contributed by atoms with van der Waals surface area (Å²) in [6, 6.07) is 21.0. The molecular weight excluding hydrogens is 344 g/mol. The normalized spacial score (nSPS) is 21.0. The molecule has 0 radical (unpaired) electrons. The van der Waals surface area contributed by atoms with Gasteiger partial charge >= 0.3 is 0 Å². The first-order valence-electron chi connectivity index (χ1n) is 10.7. The molecule has 2 aliphatic rings. The topological polar surface area (TPSA) is 18.5 Å². The minimum atomic E-state index is 0.109. The van der Waals surface area contributed by atoms with Crippen molar-refractivity contribution >= 4 is 0 Å². The number of hydrogen-bond donors (Lipinski definition) is 0. The molecule has 28 heavy (non-hydrogen) atoms. The van der Waals surface area contributed by atoms with E-state index in [1.54, 1.807) is 11.1 Å². The summed E-state index contributed by atoms with van der Waals surface area (Å²) in [6.45, 7) is 5.31. The third-order valence-electron chi connectivity index (χ3n) is 6.25. The fraction of sp³-hybridized carbons (Fsp3) is 0.462. The molecule has 4 rings (SSSR count). The Kier molecular flexibility index (Phi) is 6.29. The third-order valence-corrected chi connectivity index (χ3v) is 6.25. The lowest BCUT2D eigenvalue weighted by atomic mass is 9.85. The summed E-state index contributed by atoms with van der Waals surface area (Å²) in [5.74, 6) is 0.824. The van der Waals surface area contributed by atoms with Crippen LogP contribution in [0.15, 0.2) is 71.8 Å². The van der Waals surface area contributed by atoms with Crippen LogP contribution < -0.4 is 0 Å². The van der Waals surface area contributed by atoms with Crippen LogP contribution >= 0.6 is 0 Å². The summed E-state index contributed by atoms with van der Waals surface area (Å²) < 4.78 is 12.5. The Labute approximate surface area is 169 Å². The summed E-state index contributed by atoms with van der Waals surface area (Å²) in [5, 5.41) is 0. The predicted molar refractivity (Wildman–Crippen MR) is 114 cm³/mol. The van der Waals surface area contributed by atoms with E-state index in [-0.39, 0.29) is 5.41 Å². The van der Waals surface area contributed by atoms with E-state index in [9.17, 15) is 0 Å². The monoisotopic (exact) mass is 376 g/mol. The maximum absolute atomic E-state index is 6.24. The molecule has 0 saturated heterocycles. The van der Waals surface area contributed by atoms with E-state index in [0.29, 0.717) is 13.2 Å². The molecule has 0 N–H and O–H groups in total. The van der Waals surface area contributed by atoms with Gasteiger partial charge in [-0.15, -0.1) is 0 Å².